The molecule has 1 aromatic carbocycles. The second-order valence-electron chi connectivity index (χ2n) is 6.65. The Hall–Kier alpha value is -2.58. The predicted octanol–water partition coefficient (Wildman–Crippen LogP) is 2.41. The molecule has 0 amide bonds. The second-order valence-corrected chi connectivity index (χ2v) is 6.65. The fourth-order valence-electron chi connectivity index (χ4n) is 3.08. The standard InChI is InChI=1S/C18H22N6O2/c1-11(2)13-6-4-5-7-15(13)24-12(3)20-17(22-24)18-21-16(23-26-18)14-10-25-9-8-19-14/h4-7,11,14,19H,8-10H2,1-3H3. The summed E-state index contributed by atoms with van der Waals surface area (Å²) in [6, 6.07) is 8.13. The van der Waals surface area contributed by atoms with Crippen LogP contribution in [0.15, 0.2) is 28.8 Å². The van der Waals surface area contributed by atoms with Crippen molar-refractivity contribution >= 4 is 0 Å². The molecule has 0 spiro atoms. The maximum absolute atomic E-state index is 5.45. The largest absolute Gasteiger partial charge is 0.378 e. The van der Waals surface area contributed by atoms with Crippen molar-refractivity contribution in [1.82, 2.24) is 30.2 Å². The van der Waals surface area contributed by atoms with E-state index >= 15 is 0 Å². The van der Waals surface area contributed by atoms with Crippen LogP contribution in [-0.4, -0.2) is 44.7 Å². The minimum absolute atomic E-state index is 0.0638. The number of morpholine rings is 1. The first-order chi connectivity index (χ1) is 12.6. The van der Waals surface area contributed by atoms with E-state index in [1.165, 1.54) is 5.56 Å². The van der Waals surface area contributed by atoms with Crippen molar-refractivity contribution in [1.29, 1.82) is 0 Å². The van der Waals surface area contributed by atoms with Crippen LogP contribution >= 0.6 is 0 Å². The van der Waals surface area contributed by atoms with Gasteiger partial charge in [-0.3, -0.25) is 0 Å². The number of rotatable bonds is 4. The lowest BCUT2D eigenvalue weighted by molar-refractivity contribution is 0.0734. The number of benzene rings is 1. The Balaban J connectivity index is 1.66. The minimum atomic E-state index is -0.0638. The van der Waals surface area contributed by atoms with Crippen LogP contribution in [0.25, 0.3) is 17.4 Å². The summed E-state index contributed by atoms with van der Waals surface area (Å²) in [4.78, 5) is 8.97. The number of nitrogens with zero attached hydrogens (tertiary/aromatic N) is 5. The van der Waals surface area contributed by atoms with E-state index in [2.05, 4.69) is 45.5 Å². The molecular formula is C18H22N6O2. The Bertz CT molecular complexity index is 895. The Morgan fingerprint density at radius 3 is 2.85 bits per heavy atom. The lowest BCUT2D eigenvalue weighted by Gasteiger charge is -2.20. The van der Waals surface area contributed by atoms with E-state index in [1.54, 1.807) is 0 Å². The van der Waals surface area contributed by atoms with Crippen molar-refractivity contribution in [3.05, 3.63) is 41.5 Å². The van der Waals surface area contributed by atoms with Gasteiger partial charge in [0.25, 0.3) is 5.89 Å². The number of para-hydroxylation sites is 1. The first-order valence-corrected chi connectivity index (χ1v) is 8.81. The normalized spacial score (nSPS) is 17.8. The van der Waals surface area contributed by atoms with Gasteiger partial charge in [-0.1, -0.05) is 37.2 Å². The van der Waals surface area contributed by atoms with Gasteiger partial charge in [0.15, 0.2) is 5.82 Å². The number of hydrogen-bond acceptors (Lipinski definition) is 7. The van der Waals surface area contributed by atoms with E-state index in [9.17, 15) is 0 Å². The van der Waals surface area contributed by atoms with Crippen LogP contribution in [0.1, 0.15) is 43.0 Å². The lowest BCUT2D eigenvalue weighted by Crippen LogP contribution is -2.35. The maximum atomic E-state index is 5.45. The number of hydrogen-bond donors (Lipinski definition) is 1. The molecule has 0 aliphatic carbocycles. The van der Waals surface area contributed by atoms with Gasteiger partial charge in [0, 0.05) is 6.54 Å². The molecule has 8 nitrogen and oxygen atoms in total. The summed E-state index contributed by atoms with van der Waals surface area (Å²) in [6.45, 7) is 8.24. The van der Waals surface area contributed by atoms with Crippen LogP contribution in [0, 0.1) is 6.92 Å². The SMILES string of the molecule is Cc1nc(-c2nc(C3COCCN3)no2)nn1-c1ccccc1C(C)C. The number of aromatic nitrogens is 5. The van der Waals surface area contributed by atoms with Gasteiger partial charge in [0.2, 0.25) is 5.82 Å². The fraction of sp³-hybridized carbons (Fsp3) is 0.444. The Morgan fingerprint density at radius 2 is 2.08 bits per heavy atom. The molecule has 1 unspecified atom stereocenters. The number of ether oxygens (including phenoxy) is 1. The van der Waals surface area contributed by atoms with Crippen LogP contribution in [0.5, 0.6) is 0 Å². The highest BCUT2D eigenvalue weighted by molar-refractivity contribution is 5.46. The molecular weight excluding hydrogens is 332 g/mol. The van der Waals surface area contributed by atoms with Crippen molar-refractivity contribution in [2.75, 3.05) is 19.8 Å². The topological polar surface area (TPSA) is 90.9 Å². The molecule has 3 aromatic rings. The molecule has 1 saturated heterocycles. The third kappa shape index (κ3) is 3.13. The smallest absolute Gasteiger partial charge is 0.297 e. The summed E-state index contributed by atoms with van der Waals surface area (Å²) < 4.78 is 12.7. The van der Waals surface area contributed by atoms with Crippen LogP contribution in [-0.2, 0) is 4.74 Å². The van der Waals surface area contributed by atoms with Gasteiger partial charge < -0.3 is 14.6 Å². The van der Waals surface area contributed by atoms with Gasteiger partial charge in [-0.25, -0.2) is 9.67 Å². The van der Waals surface area contributed by atoms with E-state index in [1.807, 2.05) is 29.8 Å². The Labute approximate surface area is 151 Å². The average molecular weight is 354 g/mol. The molecule has 2 aromatic heterocycles. The molecule has 4 rings (SSSR count). The van der Waals surface area contributed by atoms with Crippen molar-refractivity contribution < 1.29 is 9.26 Å². The first-order valence-electron chi connectivity index (χ1n) is 8.81. The number of aryl methyl sites for hydroxylation is 1. The molecule has 8 heteroatoms. The van der Waals surface area contributed by atoms with Crippen molar-refractivity contribution in [2.45, 2.75) is 32.7 Å². The van der Waals surface area contributed by atoms with E-state index in [0.717, 1.165) is 18.1 Å². The van der Waals surface area contributed by atoms with E-state index in [0.29, 0.717) is 36.7 Å². The van der Waals surface area contributed by atoms with Crippen LogP contribution in [0.4, 0.5) is 0 Å². The highest BCUT2D eigenvalue weighted by Crippen LogP contribution is 2.25. The maximum Gasteiger partial charge on any atom is 0.297 e. The Kier molecular flexibility index (Phi) is 4.52. The van der Waals surface area contributed by atoms with Gasteiger partial charge in [0.05, 0.1) is 24.9 Å². The molecule has 26 heavy (non-hydrogen) atoms. The van der Waals surface area contributed by atoms with Gasteiger partial charge in [-0.2, -0.15) is 4.98 Å². The molecule has 0 saturated carbocycles. The lowest BCUT2D eigenvalue weighted by atomic mass is 10.0. The minimum Gasteiger partial charge on any atom is -0.378 e. The van der Waals surface area contributed by atoms with Crippen molar-refractivity contribution in [2.24, 2.45) is 0 Å². The van der Waals surface area contributed by atoms with E-state index in [4.69, 9.17) is 9.26 Å². The molecule has 136 valence electrons. The zero-order chi connectivity index (χ0) is 18.1. The van der Waals surface area contributed by atoms with Crippen LogP contribution in [0.3, 0.4) is 0 Å². The zero-order valence-electron chi connectivity index (χ0n) is 15.1. The van der Waals surface area contributed by atoms with E-state index < -0.39 is 0 Å². The van der Waals surface area contributed by atoms with Crippen molar-refractivity contribution in [3.63, 3.8) is 0 Å². The Morgan fingerprint density at radius 1 is 1.23 bits per heavy atom. The van der Waals surface area contributed by atoms with Gasteiger partial charge in [-0.05, 0) is 24.5 Å². The predicted molar refractivity (Wildman–Crippen MR) is 95.0 cm³/mol. The molecule has 1 aliphatic rings. The highest BCUT2D eigenvalue weighted by Gasteiger charge is 2.23. The fourth-order valence-corrected chi connectivity index (χ4v) is 3.08. The molecule has 1 aliphatic heterocycles. The summed E-state index contributed by atoms with van der Waals surface area (Å²) in [6.07, 6.45) is 0. The third-order valence-electron chi connectivity index (χ3n) is 4.42. The first kappa shape index (κ1) is 16.9. The highest BCUT2D eigenvalue weighted by atomic mass is 16.5. The quantitative estimate of drug-likeness (QED) is 0.769. The molecule has 3 heterocycles. The molecule has 0 radical (unpaired) electrons. The van der Waals surface area contributed by atoms with Crippen LogP contribution < -0.4 is 5.32 Å². The molecule has 1 N–H and O–H groups in total. The zero-order valence-corrected chi connectivity index (χ0v) is 15.1. The van der Waals surface area contributed by atoms with Gasteiger partial charge >= 0.3 is 0 Å². The summed E-state index contributed by atoms with van der Waals surface area (Å²) in [5.74, 6) is 2.46. The number of nitrogens with one attached hydrogen (secondary N) is 1. The van der Waals surface area contributed by atoms with Crippen molar-refractivity contribution in [3.8, 4) is 17.4 Å². The summed E-state index contributed by atoms with van der Waals surface area (Å²) >= 11 is 0. The summed E-state index contributed by atoms with van der Waals surface area (Å²) in [5, 5.41) is 12.0. The van der Waals surface area contributed by atoms with E-state index in [-0.39, 0.29) is 6.04 Å². The second kappa shape index (κ2) is 6.97. The van der Waals surface area contributed by atoms with Gasteiger partial charge in [0.1, 0.15) is 5.82 Å². The third-order valence-corrected chi connectivity index (χ3v) is 4.42. The summed E-state index contributed by atoms with van der Waals surface area (Å²) in [7, 11) is 0. The molecule has 1 fully saturated rings. The van der Waals surface area contributed by atoms with Crippen LogP contribution in [0.2, 0.25) is 0 Å². The van der Waals surface area contributed by atoms with Gasteiger partial charge in [-0.15, -0.1) is 5.10 Å². The summed E-state index contributed by atoms with van der Waals surface area (Å²) in [5.41, 5.74) is 2.22. The monoisotopic (exact) mass is 354 g/mol. The molecule has 1 atom stereocenters. The average Bonchev–Trinajstić information content (AvgIpc) is 3.29. The molecule has 0 bridgehead atoms.